The van der Waals surface area contributed by atoms with E-state index in [1.165, 1.54) is 23.5 Å². The molecule has 0 saturated heterocycles. The summed E-state index contributed by atoms with van der Waals surface area (Å²) in [6, 6.07) is 12.7. The first kappa shape index (κ1) is 15.9. The van der Waals surface area contributed by atoms with E-state index in [1.807, 2.05) is 24.3 Å². The van der Waals surface area contributed by atoms with E-state index in [4.69, 9.17) is 4.74 Å². The molecule has 0 aliphatic rings. The van der Waals surface area contributed by atoms with Crippen LogP contribution in [0.4, 0.5) is 20.0 Å². The van der Waals surface area contributed by atoms with E-state index in [0.29, 0.717) is 10.1 Å². The number of ether oxygens (including phenoxy) is 1. The minimum atomic E-state index is -0.586. The molecule has 0 saturated carbocycles. The van der Waals surface area contributed by atoms with Crippen molar-refractivity contribution in [3.63, 3.8) is 0 Å². The highest BCUT2D eigenvalue weighted by Crippen LogP contribution is 2.27. The predicted octanol–water partition coefficient (Wildman–Crippen LogP) is 4.00. The maximum atomic E-state index is 13.5. The zero-order valence-electron chi connectivity index (χ0n) is 12.6. The van der Waals surface area contributed by atoms with Gasteiger partial charge in [-0.25, -0.2) is 9.18 Å². The second-order valence-corrected chi connectivity index (χ2v) is 5.68. The number of amides is 2. The Balaban J connectivity index is 1.67. The van der Waals surface area contributed by atoms with Crippen LogP contribution in [0.3, 0.4) is 0 Å². The summed E-state index contributed by atoms with van der Waals surface area (Å²) in [6.07, 6.45) is 0. The van der Waals surface area contributed by atoms with Crippen molar-refractivity contribution in [3.05, 3.63) is 54.3 Å². The van der Waals surface area contributed by atoms with Crippen molar-refractivity contribution in [2.75, 3.05) is 17.7 Å². The molecule has 0 aliphatic carbocycles. The Morgan fingerprint density at radius 2 is 1.83 bits per heavy atom. The minimum absolute atomic E-state index is 0.0925. The lowest BCUT2D eigenvalue weighted by molar-refractivity contribution is 0.262. The van der Waals surface area contributed by atoms with Crippen molar-refractivity contribution in [2.24, 2.45) is 0 Å². The molecular formula is C16H13FN4O2S. The maximum Gasteiger partial charge on any atom is 0.325 e. The zero-order chi connectivity index (χ0) is 16.9. The van der Waals surface area contributed by atoms with Gasteiger partial charge >= 0.3 is 6.03 Å². The predicted molar refractivity (Wildman–Crippen MR) is 90.9 cm³/mol. The molecule has 3 rings (SSSR count). The molecule has 0 fully saturated rings. The lowest BCUT2D eigenvalue weighted by Crippen LogP contribution is -2.19. The largest absolute Gasteiger partial charge is 0.497 e. The smallest absolute Gasteiger partial charge is 0.325 e. The first-order chi connectivity index (χ1) is 11.7. The maximum absolute atomic E-state index is 13.5. The Labute approximate surface area is 141 Å². The second kappa shape index (κ2) is 7.05. The molecule has 3 aromatic rings. The summed E-state index contributed by atoms with van der Waals surface area (Å²) < 4.78 is 18.6. The third kappa shape index (κ3) is 3.66. The van der Waals surface area contributed by atoms with Gasteiger partial charge < -0.3 is 10.1 Å². The second-order valence-electron chi connectivity index (χ2n) is 4.70. The normalized spacial score (nSPS) is 10.2. The van der Waals surface area contributed by atoms with Crippen LogP contribution < -0.4 is 15.4 Å². The van der Waals surface area contributed by atoms with Gasteiger partial charge in [0.1, 0.15) is 16.6 Å². The van der Waals surface area contributed by atoms with Crippen molar-refractivity contribution in [1.29, 1.82) is 0 Å². The van der Waals surface area contributed by atoms with Crippen LogP contribution in [0, 0.1) is 5.82 Å². The Hall–Kier alpha value is -3.00. The molecule has 6 nitrogen and oxygen atoms in total. The number of carbonyl (C=O) groups is 1. The fraction of sp³-hybridized carbons (Fsp3) is 0.0625. The number of aromatic nitrogens is 2. The minimum Gasteiger partial charge on any atom is -0.497 e. The van der Waals surface area contributed by atoms with E-state index in [2.05, 4.69) is 20.8 Å². The topological polar surface area (TPSA) is 76.1 Å². The lowest BCUT2D eigenvalue weighted by atomic mass is 10.2. The number of nitrogens with one attached hydrogen (secondary N) is 2. The molecule has 24 heavy (non-hydrogen) atoms. The molecule has 2 amide bonds. The number of urea groups is 1. The van der Waals surface area contributed by atoms with Gasteiger partial charge in [-0.15, -0.1) is 10.2 Å². The van der Waals surface area contributed by atoms with Crippen LogP contribution >= 0.6 is 11.3 Å². The van der Waals surface area contributed by atoms with Crippen molar-refractivity contribution in [3.8, 4) is 16.3 Å². The highest BCUT2D eigenvalue weighted by molar-refractivity contribution is 7.18. The average molecular weight is 344 g/mol. The molecule has 0 atom stereocenters. The van der Waals surface area contributed by atoms with E-state index in [-0.39, 0.29) is 5.69 Å². The van der Waals surface area contributed by atoms with Crippen molar-refractivity contribution in [2.45, 2.75) is 0 Å². The number of methoxy groups -OCH3 is 1. The fourth-order valence-electron chi connectivity index (χ4n) is 1.94. The summed E-state index contributed by atoms with van der Waals surface area (Å²) >= 11 is 1.21. The van der Waals surface area contributed by atoms with Gasteiger partial charge in [0.05, 0.1) is 12.8 Å². The van der Waals surface area contributed by atoms with Crippen LogP contribution in [-0.2, 0) is 0 Å². The van der Waals surface area contributed by atoms with E-state index >= 15 is 0 Å². The van der Waals surface area contributed by atoms with Crippen molar-refractivity contribution in [1.82, 2.24) is 10.2 Å². The molecule has 1 heterocycles. The van der Waals surface area contributed by atoms with E-state index in [9.17, 15) is 9.18 Å². The van der Waals surface area contributed by atoms with Gasteiger partial charge in [-0.3, -0.25) is 5.32 Å². The number of carbonyl (C=O) groups excluding carboxylic acids is 1. The number of hydrogen-bond acceptors (Lipinski definition) is 5. The molecule has 122 valence electrons. The molecule has 0 aliphatic heterocycles. The molecule has 8 heteroatoms. The number of hydrogen-bond donors (Lipinski definition) is 2. The molecular weight excluding hydrogens is 331 g/mol. The van der Waals surface area contributed by atoms with Gasteiger partial charge in [0.25, 0.3) is 0 Å². The molecule has 0 bridgehead atoms. The van der Waals surface area contributed by atoms with E-state index in [1.54, 1.807) is 19.2 Å². The van der Waals surface area contributed by atoms with Crippen LogP contribution in [0.5, 0.6) is 5.75 Å². The quantitative estimate of drug-likeness (QED) is 0.750. The van der Waals surface area contributed by atoms with Gasteiger partial charge in [-0.2, -0.15) is 0 Å². The average Bonchev–Trinajstić information content (AvgIpc) is 3.05. The third-order valence-electron chi connectivity index (χ3n) is 3.10. The molecule has 0 spiro atoms. The summed E-state index contributed by atoms with van der Waals surface area (Å²) in [7, 11) is 1.59. The number of para-hydroxylation sites is 1. The molecule has 0 radical (unpaired) electrons. The zero-order valence-corrected chi connectivity index (χ0v) is 13.4. The van der Waals surface area contributed by atoms with Crippen LogP contribution in [-0.4, -0.2) is 23.3 Å². The summed E-state index contributed by atoms with van der Waals surface area (Å²) in [5, 5.41) is 13.9. The van der Waals surface area contributed by atoms with Crippen LogP contribution in [0.2, 0.25) is 0 Å². The van der Waals surface area contributed by atoms with Crippen LogP contribution in [0.15, 0.2) is 48.5 Å². The first-order valence-corrected chi connectivity index (χ1v) is 7.78. The molecule has 2 aromatic carbocycles. The SMILES string of the molecule is COc1ccc(-c2nnc(NC(=O)Nc3ccccc3F)s2)cc1. The highest BCUT2D eigenvalue weighted by atomic mass is 32.1. The fourth-order valence-corrected chi connectivity index (χ4v) is 2.68. The Kier molecular flexibility index (Phi) is 4.66. The Morgan fingerprint density at radius 1 is 1.08 bits per heavy atom. The van der Waals surface area contributed by atoms with Crippen LogP contribution in [0.25, 0.3) is 10.6 Å². The Bertz CT molecular complexity index is 851. The van der Waals surface area contributed by atoms with Crippen LogP contribution in [0.1, 0.15) is 0 Å². The monoisotopic (exact) mass is 344 g/mol. The molecule has 2 N–H and O–H groups in total. The highest BCUT2D eigenvalue weighted by Gasteiger charge is 2.11. The van der Waals surface area contributed by atoms with Gasteiger partial charge in [0.15, 0.2) is 0 Å². The van der Waals surface area contributed by atoms with E-state index in [0.717, 1.165) is 11.3 Å². The van der Waals surface area contributed by atoms with Gasteiger partial charge in [-0.05, 0) is 36.4 Å². The number of nitrogens with zero attached hydrogens (tertiary/aromatic N) is 2. The third-order valence-corrected chi connectivity index (χ3v) is 3.99. The van der Waals surface area contributed by atoms with Crippen molar-refractivity contribution >= 4 is 28.2 Å². The van der Waals surface area contributed by atoms with E-state index < -0.39 is 11.8 Å². The number of halogens is 1. The summed E-state index contributed by atoms with van der Waals surface area (Å²) in [5.74, 6) is 0.231. The molecule has 1 aromatic heterocycles. The summed E-state index contributed by atoms with van der Waals surface area (Å²) in [6.45, 7) is 0. The van der Waals surface area contributed by atoms with Gasteiger partial charge in [0.2, 0.25) is 5.13 Å². The first-order valence-electron chi connectivity index (χ1n) is 6.96. The number of benzene rings is 2. The van der Waals surface area contributed by atoms with Gasteiger partial charge in [-0.1, -0.05) is 23.5 Å². The molecule has 0 unspecified atom stereocenters. The standard InChI is InChI=1S/C16H13FN4O2S/c1-23-11-8-6-10(7-9-11)14-20-21-16(24-14)19-15(22)18-13-5-3-2-4-12(13)17/h2-9H,1H3,(H2,18,19,21,22). The number of rotatable bonds is 4. The van der Waals surface area contributed by atoms with Gasteiger partial charge in [0, 0.05) is 5.56 Å². The number of anilines is 2. The lowest BCUT2D eigenvalue weighted by Gasteiger charge is -2.05. The Morgan fingerprint density at radius 3 is 2.54 bits per heavy atom. The van der Waals surface area contributed by atoms with Crippen molar-refractivity contribution < 1.29 is 13.9 Å². The summed E-state index contributed by atoms with van der Waals surface area (Å²) in [4.78, 5) is 11.9. The summed E-state index contributed by atoms with van der Waals surface area (Å²) in [5.41, 5.74) is 0.950.